The number of benzene rings is 2. The van der Waals surface area contributed by atoms with Gasteiger partial charge in [-0.25, -0.2) is 0 Å². The Morgan fingerprint density at radius 1 is 1.00 bits per heavy atom. The van der Waals surface area contributed by atoms with Crippen LogP contribution in [0.2, 0.25) is 15.1 Å². The molecule has 0 saturated heterocycles. The third-order valence-corrected chi connectivity index (χ3v) is 6.59. The Balaban J connectivity index is 2.20. The van der Waals surface area contributed by atoms with Gasteiger partial charge in [-0.2, -0.15) is 26.3 Å². The minimum absolute atomic E-state index is 0.0453. The quantitative estimate of drug-likeness (QED) is 0.143. The van der Waals surface area contributed by atoms with Crippen LogP contribution in [0.15, 0.2) is 40.9 Å². The molecular weight excluding hydrogens is 633 g/mol. The molecule has 0 aromatic heterocycles. The first-order valence-electron chi connectivity index (χ1n) is 8.93. The highest BCUT2D eigenvalue weighted by molar-refractivity contribution is 9.10. The van der Waals surface area contributed by atoms with Crippen LogP contribution in [0.3, 0.4) is 0 Å². The lowest BCUT2D eigenvalue weighted by Crippen LogP contribution is -2.42. The first kappa shape index (κ1) is 29.1. The molecule has 0 heterocycles. The van der Waals surface area contributed by atoms with Crippen molar-refractivity contribution in [2.75, 3.05) is 6.54 Å². The topological polar surface area (TPSA) is 24.1 Å². The van der Waals surface area contributed by atoms with E-state index in [1.165, 1.54) is 29.6 Å². The molecule has 34 heavy (non-hydrogen) atoms. The lowest BCUT2D eigenvalue weighted by atomic mass is 9.97. The summed E-state index contributed by atoms with van der Waals surface area (Å²) in [5.74, 6) is -2.01. The lowest BCUT2D eigenvalue weighted by Gasteiger charge is -2.18. The number of thiocarbonyl (C=S) groups is 2. The van der Waals surface area contributed by atoms with Gasteiger partial charge in [0.15, 0.2) is 0 Å². The largest absolute Gasteiger partial charge is 0.482 e. The van der Waals surface area contributed by atoms with E-state index in [1.807, 2.05) is 0 Å². The van der Waals surface area contributed by atoms with Crippen LogP contribution in [0, 0.1) is 0 Å². The molecule has 2 nitrogen and oxygen atoms in total. The van der Waals surface area contributed by atoms with E-state index in [0.717, 1.165) is 18.2 Å². The number of alkyl halides is 6. The molecule has 1 unspecified atom stereocenters. The van der Waals surface area contributed by atoms with Gasteiger partial charge < -0.3 is 5.32 Å². The van der Waals surface area contributed by atoms with Crippen molar-refractivity contribution in [1.82, 2.24) is 10.6 Å². The smallest absolute Gasteiger partial charge is 0.369 e. The minimum Gasteiger partial charge on any atom is -0.369 e. The summed E-state index contributed by atoms with van der Waals surface area (Å²) in [6.45, 7) is -0.360. The van der Waals surface area contributed by atoms with Gasteiger partial charge in [0.25, 0.3) is 0 Å². The predicted molar refractivity (Wildman–Crippen MR) is 135 cm³/mol. The van der Waals surface area contributed by atoms with Gasteiger partial charge in [0.2, 0.25) is 0 Å². The van der Waals surface area contributed by atoms with Crippen molar-refractivity contribution in [2.45, 2.75) is 18.4 Å². The SMILES string of the molecule is FC(F)(F)NC(=S)CNC(=S)c1ccc(/C=C/C(c2cc(Cl)c(Cl)c(Cl)c2)C(F)(F)F)cc1Br. The molecule has 0 amide bonds. The summed E-state index contributed by atoms with van der Waals surface area (Å²) in [6.07, 6.45) is -7.11. The first-order chi connectivity index (χ1) is 15.6. The third kappa shape index (κ3) is 8.53. The van der Waals surface area contributed by atoms with Gasteiger partial charge in [0, 0.05) is 10.0 Å². The van der Waals surface area contributed by atoms with E-state index < -0.39 is 23.4 Å². The zero-order valence-corrected chi connectivity index (χ0v) is 21.9. The second-order valence-electron chi connectivity index (χ2n) is 6.64. The summed E-state index contributed by atoms with van der Waals surface area (Å²) in [5.41, 5.74) is 0.617. The highest BCUT2D eigenvalue weighted by Crippen LogP contribution is 2.41. The molecule has 2 aromatic rings. The van der Waals surface area contributed by atoms with Gasteiger partial charge in [-0.1, -0.05) is 99.5 Å². The Labute approximate surface area is 224 Å². The second kappa shape index (κ2) is 11.7. The van der Waals surface area contributed by atoms with Crippen LogP contribution in [-0.4, -0.2) is 29.0 Å². The summed E-state index contributed by atoms with van der Waals surface area (Å²) in [5, 5.41) is 3.51. The molecule has 184 valence electrons. The van der Waals surface area contributed by atoms with Gasteiger partial charge in [0.05, 0.1) is 27.5 Å². The normalized spacial score (nSPS) is 13.1. The summed E-state index contributed by atoms with van der Waals surface area (Å²) in [7, 11) is 0. The number of hydrogen-bond acceptors (Lipinski definition) is 2. The summed E-state index contributed by atoms with van der Waals surface area (Å²) >= 11 is 30.6. The molecule has 0 radical (unpaired) electrons. The Morgan fingerprint density at radius 2 is 1.59 bits per heavy atom. The van der Waals surface area contributed by atoms with Crippen LogP contribution in [0.25, 0.3) is 6.08 Å². The number of rotatable bonds is 6. The van der Waals surface area contributed by atoms with E-state index in [0.29, 0.717) is 15.6 Å². The third-order valence-electron chi connectivity index (χ3n) is 4.13. The maximum atomic E-state index is 13.7. The van der Waals surface area contributed by atoms with E-state index in [9.17, 15) is 26.3 Å². The van der Waals surface area contributed by atoms with Gasteiger partial charge in [0.1, 0.15) is 9.98 Å². The summed E-state index contributed by atoms with van der Waals surface area (Å²) in [6, 6.07) is 6.68. The van der Waals surface area contributed by atoms with Crippen molar-refractivity contribution in [3.63, 3.8) is 0 Å². The van der Waals surface area contributed by atoms with Crippen LogP contribution in [0.4, 0.5) is 26.3 Å². The summed E-state index contributed by atoms with van der Waals surface area (Å²) < 4.78 is 78.3. The molecular formula is C20H12BrCl3F6N2S2. The molecule has 14 heteroatoms. The van der Waals surface area contributed by atoms with Gasteiger partial charge in [-0.3, -0.25) is 5.32 Å². The van der Waals surface area contributed by atoms with Gasteiger partial charge in [-0.15, -0.1) is 0 Å². The van der Waals surface area contributed by atoms with Crippen LogP contribution in [0.5, 0.6) is 0 Å². The van der Waals surface area contributed by atoms with Crippen LogP contribution >= 0.6 is 75.2 Å². The molecule has 2 rings (SSSR count). The number of nitrogens with one attached hydrogen (secondary N) is 2. The molecule has 2 N–H and O–H groups in total. The standard InChI is InChI=1S/C20H12BrCl3F6N2S2/c21-13-5-9(1-3-11(13)18(34)31-8-16(33)32-20(28,29)30)2-4-12(19(25,26)27)10-6-14(22)17(24)15(23)7-10/h1-7,12H,8H2,(H,31,34)(H,32,33)/b4-2+. The van der Waals surface area contributed by atoms with Crippen molar-refractivity contribution in [2.24, 2.45) is 0 Å². The van der Waals surface area contributed by atoms with Crippen molar-refractivity contribution in [1.29, 1.82) is 0 Å². The van der Waals surface area contributed by atoms with Gasteiger partial charge in [-0.05, 0) is 29.3 Å². The Morgan fingerprint density at radius 3 is 2.09 bits per heavy atom. The van der Waals surface area contributed by atoms with E-state index in [-0.39, 0.29) is 32.2 Å². The molecule has 0 bridgehead atoms. The van der Waals surface area contributed by atoms with Gasteiger partial charge >= 0.3 is 12.5 Å². The Kier molecular flexibility index (Phi) is 10.1. The molecule has 0 aliphatic rings. The molecule has 0 fully saturated rings. The lowest BCUT2D eigenvalue weighted by molar-refractivity contribution is -0.141. The Bertz CT molecular complexity index is 1100. The average molecular weight is 645 g/mol. The highest BCUT2D eigenvalue weighted by Gasteiger charge is 2.39. The van der Waals surface area contributed by atoms with E-state index in [1.54, 1.807) is 0 Å². The van der Waals surface area contributed by atoms with Crippen LogP contribution < -0.4 is 10.6 Å². The number of allylic oxidation sites excluding steroid dienone is 1. The average Bonchev–Trinajstić information content (AvgIpc) is 2.68. The van der Waals surface area contributed by atoms with Crippen molar-refractivity contribution in [3.8, 4) is 0 Å². The number of halogens is 10. The molecule has 2 aromatic carbocycles. The first-order valence-corrected chi connectivity index (χ1v) is 11.7. The van der Waals surface area contributed by atoms with E-state index >= 15 is 0 Å². The number of hydrogen-bond donors (Lipinski definition) is 2. The monoisotopic (exact) mass is 642 g/mol. The van der Waals surface area contributed by atoms with Crippen molar-refractivity contribution >= 4 is 91.2 Å². The Hall–Kier alpha value is -1.11. The zero-order valence-electron chi connectivity index (χ0n) is 16.4. The fraction of sp³-hybridized carbons (Fsp3) is 0.200. The predicted octanol–water partition coefficient (Wildman–Crippen LogP) is 8.47. The maximum Gasteiger partial charge on any atom is 0.482 e. The van der Waals surface area contributed by atoms with Crippen LogP contribution in [0.1, 0.15) is 22.6 Å². The van der Waals surface area contributed by atoms with E-state index in [2.05, 4.69) is 33.5 Å². The second-order valence-corrected chi connectivity index (χ2v) is 9.59. The summed E-state index contributed by atoms with van der Waals surface area (Å²) in [4.78, 5) is -0.418. The zero-order chi connectivity index (χ0) is 25.8. The molecule has 0 aliphatic heterocycles. The minimum atomic E-state index is -4.66. The van der Waals surface area contributed by atoms with Crippen LogP contribution in [-0.2, 0) is 0 Å². The fourth-order valence-corrected chi connectivity index (χ4v) is 4.43. The molecule has 0 spiro atoms. The van der Waals surface area contributed by atoms with Crippen molar-refractivity contribution in [3.05, 3.63) is 72.6 Å². The molecule has 1 atom stereocenters. The highest BCUT2D eigenvalue weighted by atomic mass is 79.9. The molecule has 0 saturated carbocycles. The van der Waals surface area contributed by atoms with E-state index in [4.69, 9.17) is 47.0 Å². The fourth-order valence-electron chi connectivity index (χ4n) is 2.65. The van der Waals surface area contributed by atoms with Crippen molar-refractivity contribution < 1.29 is 26.3 Å². The molecule has 0 aliphatic carbocycles. The maximum absolute atomic E-state index is 13.7.